The summed E-state index contributed by atoms with van der Waals surface area (Å²) in [6, 6.07) is 7.26. The predicted molar refractivity (Wildman–Crippen MR) is 85.8 cm³/mol. The van der Waals surface area contributed by atoms with Gasteiger partial charge in [0.15, 0.2) is 0 Å². The molecule has 1 atom stereocenters. The first-order valence-corrected chi connectivity index (χ1v) is 8.74. The summed E-state index contributed by atoms with van der Waals surface area (Å²) in [7, 11) is 0. The molecule has 1 aromatic carbocycles. The molecule has 1 saturated heterocycles. The molecule has 0 bridgehead atoms. The SMILES string of the molecule is CCNC(CCN1CCCSCC1)c1ccccc1F. The molecule has 0 amide bonds. The molecule has 2 rings (SSSR count). The minimum absolute atomic E-state index is 0.0927. The van der Waals surface area contributed by atoms with E-state index in [4.69, 9.17) is 0 Å². The molecular weight excluding hydrogens is 271 g/mol. The van der Waals surface area contributed by atoms with Crippen molar-refractivity contribution in [3.63, 3.8) is 0 Å². The Morgan fingerprint density at radius 2 is 2.15 bits per heavy atom. The maximum atomic E-state index is 13.9. The van der Waals surface area contributed by atoms with Crippen molar-refractivity contribution in [3.05, 3.63) is 35.6 Å². The maximum Gasteiger partial charge on any atom is 0.127 e. The van der Waals surface area contributed by atoms with Crippen molar-refractivity contribution in [2.45, 2.75) is 25.8 Å². The third-order valence-electron chi connectivity index (χ3n) is 3.78. The Hall–Kier alpha value is -0.580. The Labute approximate surface area is 126 Å². The van der Waals surface area contributed by atoms with Gasteiger partial charge in [0, 0.05) is 23.9 Å². The number of thioether (sulfide) groups is 1. The van der Waals surface area contributed by atoms with E-state index in [1.165, 1.54) is 31.0 Å². The summed E-state index contributed by atoms with van der Waals surface area (Å²) in [5, 5.41) is 3.42. The zero-order chi connectivity index (χ0) is 14.2. The highest BCUT2D eigenvalue weighted by atomic mass is 32.2. The molecule has 0 aliphatic carbocycles. The van der Waals surface area contributed by atoms with E-state index >= 15 is 0 Å². The molecular formula is C16H25FN2S. The molecule has 1 fully saturated rings. The molecule has 20 heavy (non-hydrogen) atoms. The molecule has 112 valence electrons. The van der Waals surface area contributed by atoms with Crippen LogP contribution in [0.1, 0.15) is 31.4 Å². The fourth-order valence-corrected chi connectivity index (χ4v) is 3.63. The minimum Gasteiger partial charge on any atom is -0.310 e. The Morgan fingerprint density at radius 3 is 2.95 bits per heavy atom. The normalized spacial score (nSPS) is 18.7. The second kappa shape index (κ2) is 8.65. The largest absolute Gasteiger partial charge is 0.310 e. The second-order valence-electron chi connectivity index (χ2n) is 5.23. The van der Waals surface area contributed by atoms with Crippen LogP contribution in [0.3, 0.4) is 0 Å². The zero-order valence-corrected chi connectivity index (χ0v) is 13.1. The van der Waals surface area contributed by atoms with E-state index in [-0.39, 0.29) is 11.9 Å². The number of hydrogen-bond acceptors (Lipinski definition) is 3. The Bertz CT molecular complexity index is 392. The first-order valence-electron chi connectivity index (χ1n) is 7.59. The van der Waals surface area contributed by atoms with Crippen LogP contribution in [-0.4, -0.2) is 42.6 Å². The Morgan fingerprint density at radius 1 is 1.30 bits per heavy atom. The van der Waals surface area contributed by atoms with Crippen LogP contribution in [0.25, 0.3) is 0 Å². The fourth-order valence-electron chi connectivity index (χ4n) is 2.70. The molecule has 2 nitrogen and oxygen atoms in total. The Kier molecular flexibility index (Phi) is 6.83. The maximum absolute atomic E-state index is 13.9. The molecule has 0 spiro atoms. The predicted octanol–water partition coefficient (Wildman–Crippen LogP) is 3.31. The van der Waals surface area contributed by atoms with Gasteiger partial charge in [0.2, 0.25) is 0 Å². The standard InChI is InChI=1S/C16H25FN2S/c1-2-18-16(14-6-3-4-7-15(14)17)8-10-19-9-5-12-20-13-11-19/h3-4,6-7,16,18H,2,5,8-13H2,1H3. The van der Waals surface area contributed by atoms with Crippen LogP contribution in [0.15, 0.2) is 24.3 Å². The van der Waals surface area contributed by atoms with Crippen LogP contribution in [0.4, 0.5) is 4.39 Å². The van der Waals surface area contributed by atoms with Crippen molar-refractivity contribution in [1.82, 2.24) is 10.2 Å². The van der Waals surface area contributed by atoms with Crippen molar-refractivity contribution in [3.8, 4) is 0 Å². The van der Waals surface area contributed by atoms with Gasteiger partial charge in [0.1, 0.15) is 5.82 Å². The second-order valence-corrected chi connectivity index (χ2v) is 6.45. The van der Waals surface area contributed by atoms with Gasteiger partial charge in [0.05, 0.1) is 0 Å². The summed E-state index contributed by atoms with van der Waals surface area (Å²) in [6.07, 6.45) is 2.25. The van der Waals surface area contributed by atoms with E-state index in [2.05, 4.69) is 17.1 Å². The minimum atomic E-state index is -0.0927. The van der Waals surface area contributed by atoms with Gasteiger partial charge in [-0.15, -0.1) is 0 Å². The fraction of sp³-hybridized carbons (Fsp3) is 0.625. The van der Waals surface area contributed by atoms with Crippen LogP contribution in [0.2, 0.25) is 0 Å². The summed E-state index contributed by atoms with van der Waals surface area (Å²) in [4.78, 5) is 2.52. The van der Waals surface area contributed by atoms with Crippen molar-refractivity contribution >= 4 is 11.8 Å². The van der Waals surface area contributed by atoms with Gasteiger partial charge in [-0.1, -0.05) is 25.1 Å². The topological polar surface area (TPSA) is 15.3 Å². The first kappa shape index (κ1) is 15.8. The van der Waals surface area contributed by atoms with Crippen LogP contribution in [0.5, 0.6) is 0 Å². The van der Waals surface area contributed by atoms with Gasteiger partial charge < -0.3 is 10.2 Å². The van der Waals surface area contributed by atoms with E-state index in [0.29, 0.717) is 0 Å². The highest BCUT2D eigenvalue weighted by molar-refractivity contribution is 7.99. The molecule has 1 unspecified atom stereocenters. The molecule has 1 heterocycles. The van der Waals surface area contributed by atoms with Crippen LogP contribution < -0.4 is 5.32 Å². The molecule has 1 aliphatic rings. The monoisotopic (exact) mass is 296 g/mol. The van der Waals surface area contributed by atoms with Gasteiger partial charge in [-0.05, 0) is 44.3 Å². The third-order valence-corrected chi connectivity index (χ3v) is 4.83. The highest BCUT2D eigenvalue weighted by Gasteiger charge is 2.16. The van der Waals surface area contributed by atoms with Crippen LogP contribution in [-0.2, 0) is 0 Å². The van der Waals surface area contributed by atoms with Crippen molar-refractivity contribution in [1.29, 1.82) is 0 Å². The molecule has 1 aromatic rings. The lowest BCUT2D eigenvalue weighted by Gasteiger charge is -2.24. The quantitative estimate of drug-likeness (QED) is 0.867. The van der Waals surface area contributed by atoms with Crippen molar-refractivity contribution in [2.24, 2.45) is 0 Å². The first-order chi connectivity index (χ1) is 9.81. The van der Waals surface area contributed by atoms with Gasteiger partial charge >= 0.3 is 0 Å². The van der Waals surface area contributed by atoms with E-state index in [0.717, 1.165) is 25.1 Å². The smallest absolute Gasteiger partial charge is 0.127 e. The van der Waals surface area contributed by atoms with Crippen LogP contribution >= 0.6 is 11.8 Å². The van der Waals surface area contributed by atoms with Gasteiger partial charge in [-0.25, -0.2) is 4.39 Å². The number of nitrogens with zero attached hydrogens (tertiary/aromatic N) is 1. The zero-order valence-electron chi connectivity index (χ0n) is 12.3. The average Bonchev–Trinajstić information content (AvgIpc) is 2.73. The van der Waals surface area contributed by atoms with E-state index in [1.54, 1.807) is 12.1 Å². The summed E-state index contributed by atoms with van der Waals surface area (Å²) < 4.78 is 13.9. The lowest BCUT2D eigenvalue weighted by atomic mass is 10.0. The lowest BCUT2D eigenvalue weighted by Crippen LogP contribution is -2.31. The van der Waals surface area contributed by atoms with Crippen molar-refractivity contribution in [2.75, 3.05) is 37.7 Å². The third kappa shape index (κ3) is 4.76. The number of hydrogen-bond donors (Lipinski definition) is 1. The number of benzene rings is 1. The lowest BCUT2D eigenvalue weighted by molar-refractivity contribution is 0.274. The molecule has 1 N–H and O–H groups in total. The summed E-state index contributed by atoms with van der Waals surface area (Å²) in [5.74, 6) is 2.41. The number of nitrogens with one attached hydrogen (secondary N) is 1. The van der Waals surface area contributed by atoms with Gasteiger partial charge in [0.25, 0.3) is 0 Å². The molecule has 0 saturated carbocycles. The average molecular weight is 296 g/mol. The highest BCUT2D eigenvalue weighted by Crippen LogP contribution is 2.21. The molecule has 0 aromatic heterocycles. The summed E-state index contributed by atoms with van der Waals surface area (Å²) in [6.45, 7) is 6.35. The van der Waals surface area contributed by atoms with Gasteiger partial charge in [-0.3, -0.25) is 0 Å². The van der Waals surface area contributed by atoms with E-state index in [9.17, 15) is 4.39 Å². The number of rotatable bonds is 6. The van der Waals surface area contributed by atoms with E-state index in [1.807, 2.05) is 23.9 Å². The Balaban J connectivity index is 1.93. The molecule has 0 radical (unpaired) electrons. The van der Waals surface area contributed by atoms with Crippen LogP contribution in [0, 0.1) is 5.82 Å². The molecule has 4 heteroatoms. The van der Waals surface area contributed by atoms with Gasteiger partial charge in [-0.2, -0.15) is 11.8 Å². The van der Waals surface area contributed by atoms with Crippen molar-refractivity contribution < 1.29 is 4.39 Å². The summed E-state index contributed by atoms with van der Waals surface area (Å²) in [5.41, 5.74) is 0.804. The number of halogens is 1. The molecule has 1 aliphatic heterocycles. The van der Waals surface area contributed by atoms with E-state index < -0.39 is 0 Å². The summed E-state index contributed by atoms with van der Waals surface area (Å²) >= 11 is 2.05.